The van der Waals surface area contributed by atoms with Crippen molar-refractivity contribution in [1.82, 2.24) is 20.4 Å². The number of para-hydroxylation sites is 1. The number of benzene rings is 1. The first-order valence-electron chi connectivity index (χ1n) is 6.38. The first kappa shape index (κ1) is 11.5. The standard InChI is InChI=1S/C13H11N5OS/c19-11(9-3-1-2-8-6-14-16-10(8)9)15-13-18-17-12(20-13)7-4-5-7/h1-3,6-7H,4-5H2,(H,14,16)(H,15,18,19). The van der Waals surface area contributed by atoms with E-state index in [2.05, 4.69) is 25.7 Å². The highest BCUT2D eigenvalue weighted by Gasteiger charge is 2.27. The van der Waals surface area contributed by atoms with Crippen LogP contribution in [0.5, 0.6) is 0 Å². The minimum atomic E-state index is -0.196. The minimum absolute atomic E-state index is 0.196. The number of aromatic amines is 1. The van der Waals surface area contributed by atoms with Crippen molar-refractivity contribution < 1.29 is 4.79 Å². The monoisotopic (exact) mass is 285 g/mol. The number of rotatable bonds is 3. The third-order valence-corrected chi connectivity index (χ3v) is 4.31. The number of hydrogen-bond donors (Lipinski definition) is 2. The van der Waals surface area contributed by atoms with Gasteiger partial charge in [0.25, 0.3) is 5.91 Å². The largest absolute Gasteiger partial charge is 0.296 e. The Morgan fingerprint density at radius 3 is 3.10 bits per heavy atom. The van der Waals surface area contributed by atoms with E-state index in [-0.39, 0.29) is 5.91 Å². The van der Waals surface area contributed by atoms with E-state index in [4.69, 9.17) is 0 Å². The average Bonchev–Trinajstić information content (AvgIpc) is 3.00. The maximum atomic E-state index is 12.3. The molecule has 7 heteroatoms. The predicted molar refractivity (Wildman–Crippen MR) is 75.9 cm³/mol. The van der Waals surface area contributed by atoms with E-state index in [9.17, 15) is 4.79 Å². The van der Waals surface area contributed by atoms with E-state index in [1.54, 1.807) is 12.3 Å². The van der Waals surface area contributed by atoms with Gasteiger partial charge in [0.15, 0.2) is 0 Å². The number of aromatic nitrogens is 4. The molecule has 1 fully saturated rings. The Hall–Kier alpha value is -2.28. The lowest BCUT2D eigenvalue weighted by molar-refractivity contribution is 0.102. The number of carbonyl (C=O) groups is 1. The Balaban J connectivity index is 1.61. The fourth-order valence-electron chi connectivity index (χ4n) is 2.10. The molecular formula is C13H11N5OS. The Morgan fingerprint density at radius 2 is 2.25 bits per heavy atom. The molecule has 20 heavy (non-hydrogen) atoms. The first-order valence-corrected chi connectivity index (χ1v) is 7.20. The highest BCUT2D eigenvalue weighted by atomic mass is 32.1. The molecule has 0 atom stereocenters. The molecule has 1 aliphatic carbocycles. The first-order chi connectivity index (χ1) is 9.81. The van der Waals surface area contributed by atoms with E-state index in [1.807, 2.05) is 12.1 Å². The fraction of sp³-hybridized carbons (Fsp3) is 0.231. The molecule has 2 heterocycles. The van der Waals surface area contributed by atoms with Crippen LogP contribution in [0.25, 0.3) is 10.9 Å². The SMILES string of the molecule is O=C(Nc1nnc(C2CC2)s1)c1cccc2cn[nH]c12. The second-order valence-corrected chi connectivity index (χ2v) is 5.82. The van der Waals surface area contributed by atoms with Gasteiger partial charge in [0.1, 0.15) is 5.01 Å². The maximum absolute atomic E-state index is 12.3. The van der Waals surface area contributed by atoms with Crippen molar-refractivity contribution in [3.8, 4) is 0 Å². The maximum Gasteiger partial charge on any atom is 0.259 e. The Labute approximate surface area is 118 Å². The number of anilines is 1. The summed E-state index contributed by atoms with van der Waals surface area (Å²) in [5, 5.41) is 20.2. The van der Waals surface area contributed by atoms with Crippen LogP contribution in [0.2, 0.25) is 0 Å². The highest BCUT2D eigenvalue weighted by Crippen LogP contribution is 2.42. The van der Waals surface area contributed by atoms with Gasteiger partial charge in [-0.15, -0.1) is 10.2 Å². The zero-order valence-corrected chi connectivity index (χ0v) is 11.3. The lowest BCUT2D eigenvalue weighted by atomic mass is 10.1. The summed E-state index contributed by atoms with van der Waals surface area (Å²) in [6.45, 7) is 0. The lowest BCUT2D eigenvalue weighted by Crippen LogP contribution is -2.12. The van der Waals surface area contributed by atoms with Gasteiger partial charge in [0.05, 0.1) is 17.3 Å². The number of H-pyrrole nitrogens is 1. The minimum Gasteiger partial charge on any atom is -0.296 e. The molecule has 6 nitrogen and oxygen atoms in total. The number of carbonyl (C=O) groups excluding carboxylic acids is 1. The number of amides is 1. The van der Waals surface area contributed by atoms with E-state index in [0.717, 1.165) is 15.9 Å². The molecule has 0 unspecified atom stereocenters. The summed E-state index contributed by atoms with van der Waals surface area (Å²) >= 11 is 1.45. The van der Waals surface area contributed by atoms with Crippen molar-refractivity contribution in [3.05, 3.63) is 35.0 Å². The van der Waals surface area contributed by atoms with E-state index in [1.165, 1.54) is 24.2 Å². The second-order valence-electron chi connectivity index (χ2n) is 4.81. The molecule has 3 aromatic rings. The lowest BCUT2D eigenvalue weighted by Gasteiger charge is -2.02. The van der Waals surface area contributed by atoms with Gasteiger partial charge in [-0.3, -0.25) is 15.2 Å². The molecule has 1 amide bonds. The number of nitrogens with one attached hydrogen (secondary N) is 2. The Bertz CT molecular complexity index is 789. The van der Waals surface area contributed by atoms with Crippen molar-refractivity contribution in [1.29, 1.82) is 0 Å². The zero-order chi connectivity index (χ0) is 13.5. The van der Waals surface area contributed by atoms with Gasteiger partial charge >= 0.3 is 0 Å². The van der Waals surface area contributed by atoms with Crippen LogP contribution in [0.4, 0.5) is 5.13 Å². The fourth-order valence-corrected chi connectivity index (χ4v) is 3.01. The van der Waals surface area contributed by atoms with Crippen LogP contribution in [-0.4, -0.2) is 26.3 Å². The van der Waals surface area contributed by atoms with Gasteiger partial charge < -0.3 is 0 Å². The second kappa shape index (κ2) is 4.38. The van der Waals surface area contributed by atoms with Crippen molar-refractivity contribution in [3.63, 3.8) is 0 Å². The summed E-state index contributed by atoms with van der Waals surface area (Å²) in [6.07, 6.45) is 4.05. The number of nitrogens with zero attached hydrogens (tertiary/aromatic N) is 3. The van der Waals surface area contributed by atoms with Gasteiger partial charge in [-0.25, -0.2) is 0 Å². The summed E-state index contributed by atoms with van der Waals surface area (Å²) in [6, 6.07) is 5.51. The summed E-state index contributed by atoms with van der Waals surface area (Å²) in [7, 11) is 0. The van der Waals surface area contributed by atoms with Crippen LogP contribution in [0.3, 0.4) is 0 Å². The van der Waals surface area contributed by atoms with Crippen molar-refractivity contribution in [2.24, 2.45) is 0 Å². The highest BCUT2D eigenvalue weighted by molar-refractivity contribution is 7.15. The van der Waals surface area contributed by atoms with Gasteiger partial charge in [-0.05, 0) is 18.9 Å². The average molecular weight is 285 g/mol. The normalized spacial score (nSPS) is 14.6. The van der Waals surface area contributed by atoms with Crippen LogP contribution in [0.1, 0.15) is 34.1 Å². The summed E-state index contributed by atoms with van der Waals surface area (Å²) < 4.78 is 0. The molecule has 2 aromatic heterocycles. The van der Waals surface area contributed by atoms with Crippen LogP contribution in [-0.2, 0) is 0 Å². The van der Waals surface area contributed by atoms with Crippen LogP contribution in [0, 0.1) is 0 Å². The molecule has 4 rings (SSSR count). The number of hydrogen-bond acceptors (Lipinski definition) is 5. The summed E-state index contributed by atoms with van der Waals surface area (Å²) in [5.41, 5.74) is 1.29. The third-order valence-electron chi connectivity index (χ3n) is 3.31. The summed E-state index contributed by atoms with van der Waals surface area (Å²) in [4.78, 5) is 12.3. The third kappa shape index (κ3) is 1.96. The van der Waals surface area contributed by atoms with Crippen molar-refractivity contribution >= 4 is 33.3 Å². The quantitative estimate of drug-likeness (QED) is 0.774. The summed E-state index contributed by atoms with van der Waals surface area (Å²) in [5.74, 6) is 0.354. The molecule has 2 N–H and O–H groups in total. The molecule has 1 aromatic carbocycles. The van der Waals surface area contributed by atoms with Crippen LogP contribution >= 0.6 is 11.3 Å². The molecule has 100 valence electrons. The van der Waals surface area contributed by atoms with Crippen LogP contribution < -0.4 is 5.32 Å². The smallest absolute Gasteiger partial charge is 0.259 e. The molecule has 0 bridgehead atoms. The molecule has 0 saturated heterocycles. The Morgan fingerprint density at radius 1 is 1.35 bits per heavy atom. The van der Waals surface area contributed by atoms with E-state index >= 15 is 0 Å². The molecule has 1 saturated carbocycles. The van der Waals surface area contributed by atoms with E-state index < -0.39 is 0 Å². The molecular weight excluding hydrogens is 274 g/mol. The molecule has 0 radical (unpaired) electrons. The van der Waals surface area contributed by atoms with Gasteiger partial charge in [-0.1, -0.05) is 23.5 Å². The predicted octanol–water partition coefficient (Wildman–Crippen LogP) is 2.54. The van der Waals surface area contributed by atoms with E-state index in [0.29, 0.717) is 16.6 Å². The van der Waals surface area contributed by atoms with Gasteiger partial charge in [0.2, 0.25) is 5.13 Å². The number of fused-ring (bicyclic) bond motifs is 1. The molecule has 1 aliphatic rings. The molecule has 0 spiro atoms. The van der Waals surface area contributed by atoms with Gasteiger partial charge in [0, 0.05) is 11.3 Å². The van der Waals surface area contributed by atoms with Crippen LogP contribution in [0.15, 0.2) is 24.4 Å². The Kier molecular flexibility index (Phi) is 2.53. The zero-order valence-electron chi connectivity index (χ0n) is 10.5. The van der Waals surface area contributed by atoms with Crippen molar-refractivity contribution in [2.75, 3.05) is 5.32 Å². The molecule has 0 aliphatic heterocycles. The van der Waals surface area contributed by atoms with Gasteiger partial charge in [-0.2, -0.15) is 5.10 Å². The van der Waals surface area contributed by atoms with Crippen molar-refractivity contribution in [2.45, 2.75) is 18.8 Å². The topological polar surface area (TPSA) is 83.6 Å².